The van der Waals surface area contributed by atoms with E-state index in [1.165, 1.54) is 0 Å². The van der Waals surface area contributed by atoms with E-state index in [1.54, 1.807) is 40.8 Å². The van der Waals surface area contributed by atoms with E-state index in [0.717, 1.165) is 32.7 Å². The Balaban J connectivity index is 2.15. The van der Waals surface area contributed by atoms with Crippen LogP contribution >= 0.6 is 0 Å². The van der Waals surface area contributed by atoms with Crippen molar-refractivity contribution in [3.8, 4) is 45.3 Å². The van der Waals surface area contributed by atoms with Crippen molar-refractivity contribution in [2.45, 2.75) is 0 Å². The third kappa shape index (κ3) is 3.13. The van der Waals surface area contributed by atoms with Crippen LogP contribution in [0.15, 0.2) is 48.8 Å². The summed E-state index contributed by atoms with van der Waals surface area (Å²) >= 11 is 0. The van der Waals surface area contributed by atoms with E-state index in [1.807, 2.05) is 36.4 Å². The van der Waals surface area contributed by atoms with Gasteiger partial charge in [-0.15, -0.1) is 0 Å². The van der Waals surface area contributed by atoms with Gasteiger partial charge in [-0.1, -0.05) is 12.1 Å². The molecule has 3 rings (SSSR count). The fraction of sp³-hybridized carbons (Fsp3) is 0.200. The molecule has 26 heavy (non-hydrogen) atoms. The van der Waals surface area contributed by atoms with Crippen molar-refractivity contribution in [3.05, 3.63) is 48.8 Å². The van der Waals surface area contributed by atoms with Crippen LogP contribution in [-0.2, 0) is 0 Å². The molecule has 1 N–H and O–H groups in total. The number of rotatable bonds is 6. The van der Waals surface area contributed by atoms with Crippen LogP contribution in [0.3, 0.4) is 0 Å². The molecule has 0 aliphatic heterocycles. The fourth-order valence-electron chi connectivity index (χ4n) is 2.91. The minimum absolute atomic E-state index is 0.521. The van der Waals surface area contributed by atoms with Gasteiger partial charge in [-0.25, -0.2) is 4.73 Å². The van der Waals surface area contributed by atoms with Gasteiger partial charge in [0.25, 0.3) is 0 Å². The molecule has 0 saturated carbocycles. The first kappa shape index (κ1) is 17.5. The molecule has 0 aliphatic rings. The Bertz CT molecular complexity index is 874. The zero-order valence-electron chi connectivity index (χ0n) is 15.1. The highest BCUT2D eigenvalue weighted by molar-refractivity contribution is 5.85. The van der Waals surface area contributed by atoms with Gasteiger partial charge in [0, 0.05) is 11.1 Å². The Morgan fingerprint density at radius 2 is 1.23 bits per heavy atom. The van der Waals surface area contributed by atoms with Crippen LogP contribution < -0.4 is 18.9 Å². The Morgan fingerprint density at radius 3 is 1.69 bits per heavy atom. The molecule has 2 aromatic carbocycles. The van der Waals surface area contributed by atoms with Gasteiger partial charge in [0.15, 0.2) is 11.5 Å². The number of benzene rings is 2. The Labute approximate surface area is 152 Å². The molecule has 0 bridgehead atoms. The van der Waals surface area contributed by atoms with Crippen LogP contribution in [0.4, 0.5) is 0 Å². The number of hydrogen-bond acceptors (Lipinski definition) is 5. The second-order valence-corrected chi connectivity index (χ2v) is 5.61. The third-order valence-electron chi connectivity index (χ3n) is 4.19. The van der Waals surface area contributed by atoms with Crippen LogP contribution in [-0.4, -0.2) is 38.4 Å². The topological polar surface area (TPSA) is 62.1 Å². The molecule has 3 aromatic rings. The number of aromatic nitrogens is 1. The van der Waals surface area contributed by atoms with Gasteiger partial charge in [0.05, 0.1) is 40.8 Å². The quantitative estimate of drug-likeness (QED) is 0.675. The molecule has 136 valence electrons. The van der Waals surface area contributed by atoms with E-state index in [-0.39, 0.29) is 0 Å². The lowest BCUT2D eigenvalue weighted by Crippen LogP contribution is -1.95. The van der Waals surface area contributed by atoms with Crippen LogP contribution in [0.25, 0.3) is 22.3 Å². The number of methoxy groups -OCH3 is 4. The lowest BCUT2D eigenvalue weighted by molar-refractivity contribution is 0.188. The SMILES string of the molecule is COc1ccc(-c2cn(O)cc2-c2cc(OC)c(OC)c(OC)c2)cc1. The van der Waals surface area contributed by atoms with Crippen LogP contribution in [0.1, 0.15) is 0 Å². The fourth-order valence-corrected chi connectivity index (χ4v) is 2.91. The standard InChI is InChI=1S/C20H21NO5/c1-23-15-7-5-13(6-8-15)16-11-21(22)12-17(16)14-9-18(24-2)20(26-4)19(10-14)25-3/h5-12,22H,1-4H3. The zero-order valence-corrected chi connectivity index (χ0v) is 15.1. The van der Waals surface area contributed by atoms with Crippen LogP contribution in [0.5, 0.6) is 23.0 Å². The van der Waals surface area contributed by atoms with Gasteiger partial charge < -0.3 is 24.2 Å². The minimum atomic E-state index is 0.521. The van der Waals surface area contributed by atoms with Gasteiger partial charge in [-0.05, 0) is 35.4 Å². The van der Waals surface area contributed by atoms with E-state index in [9.17, 15) is 5.21 Å². The lowest BCUT2D eigenvalue weighted by Gasteiger charge is -2.14. The van der Waals surface area contributed by atoms with Crippen molar-refractivity contribution in [2.75, 3.05) is 28.4 Å². The summed E-state index contributed by atoms with van der Waals surface area (Å²) in [6, 6.07) is 11.3. The molecule has 1 heterocycles. The van der Waals surface area contributed by atoms with E-state index < -0.39 is 0 Å². The van der Waals surface area contributed by atoms with Crippen molar-refractivity contribution < 1.29 is 24.2 Å². The van der Waals surface area contributed by atoms with E-state index in [2.05, 4.69) is 0 Å². The summed E-state index contributed by atoms with van der Waals surface area (Å²) in [7, 11) is 6.33. The summed E-state index contributed by atoms with van der Waals surface area (Å²) in [5, 5.41) is 10.0. The van der Waals surface area contributed by atoms with Crippen molar-refractivity contribution in [1.29, 1.82) is 0 Å². The molecule has 0 fully saturated rings. The second kappa shape index (κ2) is 7.31. The second-order valence-electron chi connectivity index (χ2n) is 5.61. The van der Waals surface area contributed by atoms with Gasteiger partial charge in [-0.3, -0.25) is 0 Å². The van der Waals surface area contributed by atoms with Gasteiger partial charge >= 0.3 is 0 Å². The maximum absolute atomic E-state index is 10.0. The first-order valence-electron chi connectivity index (χ1n) is 7.97. The smallest absolute Gasteiger partial charge is 0.203 e. The molecule has 0 spiro atoms. The van der Waals surface area contributed by atoms with Crippen LogP contribution in [0, 0.1) is 0 Å². The summed E-state index contributed by atoms with van der Waals surface area (Å²) in [6.07, 6.45) is 3.29. The normalized spacial score (nSPS) is 10.5. The molecular formula is C20H21NO5. The summed E-state index contributed by atoms with van der Waals surface area (Å²) in [5.41, 5.74) is 3.47. The maximum Gasteiger partial charge on any atom is 0.203 e. The summed E-state index contributed by atoms with van der Waals surface area (Å²) < 4.78 is 22.5. The predicted octanol–water partition coefficient (Wildman–Crippen LogP) is 4.09. The average molecular weight is 355 g/mol. The third-order valence-corrected chi connectivity index (χ3v) is 4.19. The molecule has 0 aliphatic carbocycles. The molecule has 0 radical (unpaired) electrons. The maximum atomic E-state index is 10.0. The Hall–Kier alpha value is -3.28. The molecule has 0 unspecified atom stereocenters. The molecule has 0 saturated heterocycles. The zero-order chi connectivity index (χ0) is 18.7. The summed E-state index contributed by atoms with van der Waals surface area (Å²) in [5.74, 6) is 2.39. The van der Waals surface area contributed by atoms with Crippen LogP contribution in [0.2, 0.25) is 0 Å². The predicted molar refractivity (Wildman–Crippen MR) is 98.7 cm³/mol. The molecular weight excluding hydrogens is 334 g/mol. The average Bonchev–Trinajstić information content (AvgIpc) is 3.08. The van der Waals surface area contributed by atoms with Gasteiger partial charge in [-0.2, -0.15) is 0 Å². The molecule has 0 amide bonds. The highest BCUT2D eigenvalue weighted by Gasteiger charge is 2.18. The number of ether oxygens (including phenoxy) is 4. The first-order chi connectivity index (χ1) is 12.6. The molecule has 0 atom stereocenters. The molecule has 6 nitrogen and oxygen atoms in total. The highest BCUT2D eigenvalue weighted by Crippen LogP contribution is 2.43. The Kier molecular flexibility index (Phi) is 4.93. The number of nitrogens with zero attached hydrogens (tertiary/aromatic N) is 1. The van der Waals surface area contributed by atoms with Gasteiger partial charge in [0.2, 0.25) is 5.75 Å². The lowest BCUT2D eigenvalue weighted by atomic mass is 9.98. The van der Waals surface area contributed by atoms with Crippen molar-refractivity contribution in [2.24, 2.45) is 0 Å². The van der Waals surface area contributed by atoms with E-state index in [4.69, 9.17) is 18.9 Å². The van der Waals surface area contributed by atoms with Crippen molar-refractivity contribution in [1.82, 2.24) is 4.73 Å². The van der Waals surface area contributed by atoms with Gasteiger partial charge in [0.1, 0.15) is 5.75 Å². The summed E-state index contributed by atoms with van der Waals surface area (Å²) in [6.45, 7) is 0. The largest absolute Gasteiger partial charge is 0.497 e. The summed E-state index contributed by atoms with van der Waals surface area (Å²) in [4.78, 5) is 0. The van der Waals surface area contributed by atoms with E-state index >= 15 is 0 Å². The minimum Gasteiger partial charge on any atom is -0.497 e. The first-order valence-corrected chi connectivity index (χ1v) is 7.97. The highest BCUT2D eigenvalue weighted by atomic mass is 16.5. The number of hydrogen-bond donors (Lipinski definition) is 1. The molecule has 6 heteroatoms. The monoisotopic (exact) mass is 355 g/mol. The van der Waals surface area contributed by atoms with Crippen molar-refractivity contribution in [3.63, 3.8) is 0 Å². The van der Waals surface area contributed by atoms with E-state index in [0.29, 0.717) is 17.2 Å². The molecule has 1 aromatic heterocycles. The van der Waals surface area contributed by atoms with Crippen molar-refractivity contribution >= 4 is 0 Å². The Morgan fingerprint density at radius 1 is 0.692 bits per heavy atom.